The third-order valence-electron chi connectivity index (χ3n) is 6.04. The number of carbonyl (C=O) groups excluding carboxylic acids is 1. The van der Waals surface area contributed by atoms with Crippen LogP contribution in [0, 0.1) is 30.0 Å². The van der Waals surface area contributed by atoms with Crippen molar-refractivity contribution in [2.75, 3.05) is 0 Å². The number of nitrogens with zero attached hydrogens (tertiary/aromatic N) is 2. The molecule has 36 heavy (non-hydrogen) atoms. The summed E-state index contributed by atoms with van der Waals surface area (Å²) in [6.07, 6.45) is -10.6. The average Bonchev–Trinajstić information content (AvgIpc) is 3.36. The molecule has 0 saturated heterocycles. The van der Waals surface area contributed by atoms with Gasteiger partial charge in [0.1, 0.15) is 11.5 Å². The number of hydrogen-bond acceptors (Lipinski definition) is 5. The monoisotopic (exact) mass is 553 g/mol. The van der Waals surface area contributed by atoms with E-state index < -0.39 is 52.2 Å². The third-order valence-corrected chi connectivity index (χ3v) is 7.60. The molecule has 1 amide bonds. The molecule has 4 rings (SSSR count). The fourth-order valence-electron chi connectivity index (χ4n) is 4.00. The predicted octanol–water partition coefficient (Wildman–Crippen LogP) is 6.48. The molecular weight excluding hydrogens is 539 g/mol. The topological polar surface area (TPSA) is 74.5 Å². The molecule has 1 atom stereocenters. The number of benzene rings is 1. The highest BCUT2D eigenvalue weighted by atomic mass is 35.5. The Morgan fingerprint density at radius 1 is 1.25 bits per heavy atom. The van der Waals surface area contributed by atoms with Crippen LogP contribution in [0.1, 0.15) is 50.5 Å². The van der Waals surface area contributed by atoms with Crippen LogP contribution < -0.4 is 5.32 Å². The van der Waals surface area contributed by atoms with Crippen LogP contribution >= 0.6 is 22.9 Å². The van der Waals surface area contributed by atoms with Crippen LogP contribution in [0.2, 0.25) is 5.02 Å². The Bertz CT molecular complexity index is 1290. The minimum absolute atomic E-state index is 0.0127. The maximum Gasteiger partial charge on any atom is 0.435 e. The zero-order valence-electron chi connectivity index (χ0n) is 18.2. The van der Waals surface area contributed by atoms with Crippen LogP contribution in [0.3, 0.4) is 0 Å². The van der Waals surface area contributed by atoms with Crippen molar-refractivity contribution in [1.29, 1.82) is 5.26 Å². The number of carbonyl (C=O) groups is 1. The second-order valence-electron chi connectivity index (χ2n) is 8.54. The lowest BCUT2D eigenvalue weighted by Gasteiger charge is -2.31. The number of rotatable bonds is 4. The second kappa shape index (κ2) is 8.92. The summed E-state index contributed by atoms with van der Waals surface area (Å²) in [5, 5.41) is 13.9. The molecule has 2 aliphatic rings. The van der Waals surface area contributed by atoms with Crippen molar-refractivity contribution >= 4 is 34.6 Å². The van der Waals surface area contributed by atoms with Crippen molar-refractivity contribution in [2.24, 2.45) is 11.1 Å². The van der Waals surface area contributed by atoms with E-state index in [1.54, 1.807) is 6.92 Å². The van der Waals surface area contributed by atoms with Crippen molar-refractivity contribution in [2.45, 2.75) is 50.2 Å². The van der Waals surface area contributed by atoms with Crippen LogP contribution in [0.4, 0.5) is 30.7 Å². The molecule has 5 nitrogen and oxygen atoms in total. The molecule has 1 fully saturated rings. The molecule has 2 aromatic rings. The normalized spacial score (nSPS) is 23.9. The van der Waals surface area contributed by atoms with Gasteiger partial charge in [-0.15, -0.1) is 11.3 Å². The fraction of sp³-hybridized carbons (Fsp3) is 0.409. The predicted molar refractivity (Wildman–Crippen MR) is 115 cm³/mol. The molecule has 1 aromatic carbocycles. The smallest absolute Gasteiger partial charge is 0.374 e. The van der Waals surface area contributed by atoms with Crippen molar-refractivity contribution < 1.29 is 40.4 Å². The quantitative estimate of drug-likeness (QED) is 0.440. The largest absolute Gasteiger partial charge is 0.435 e. The molecule has 1 aliphatic heterocycles. The molecule has 0 spiro atoms. The van der Waals surface area contributed by atoms with Gasteiger partial charge in [0.15, 0.2) is 0 Å². The molecule has 1 N–H and O–H groups in total. The van der Waals surface area contributed by atoms with Gasteiger partial charge in [-0.25, -0.2) is 4.39 Å². The van der Waals surface area contributed by atoms with Crippen molar-refractivity contribution in [1.82, 2.24) is 5.32 Å². The Labute approximate surface area is 208 Å². The summed E-state index contributed by atoms with van der Waals surface area (Å²) in [5.41, 5.74) is -6.48. The molecule has 0 bridgehead atoms. The Balaban J connectivity index is 1.65. The van der Waals surface area contributed by atoms with E-state index in [9.17, 15) is 35.5 Å². The van der Waals surface area contributed by atoms with Crippen molar-refractivity contribution in [3.05, 3.63) is 55.5 Å². The Morgan fingerprint density at radius 2 is 1.92 bits per heavy atom. The summed E-state index contributed by atoms with van der Waals surface area (Å²) < 4.78 is 97.1. The highest BCUT2D eigenvalue weighted by molar-refractivity contribution is 7.16. The van der Waals surface area contributed by atoms with Crippen molar-refractivity contribution in [3.8, 4) is 6.07 Å². The van der Waals surface area contributed by atoms with Crippen LogP contribution in [0.5, 0.6) is 0 Å². The zero-order chi connectivity index (χ0) is 26.6. The first-order chi connectivity index (χ1) is 16.7. The number of alkyl halides is 6. The minimum atomic E-state index is -5.37. The van der Waals surface area contributed by atoms with E-state index in [2.05, 4.69) is 21.4 Å². The number of thiophene rings is 1. The number of aryl methyl sites for hydroxylation is 1. The minimum Gasteiger partial charge on any atom is -0.374 e. The third kappa shape index (κ3) is 4.52. The number of amides is 1. The summed E-state index contributed by atoms with van der Waals surface area (Å²) in [6.45, 7) is 1.55. The maximum atomic E-state index is 14.7. The second-order valence-corrected chi connectivity index (χ2v) is 10.00. The van der Waals surface area contributed by atoms with Crippen LogP contribution in [0.25, 0.3) is 0 Å². The number of hydrogen-bond donors (Lipinski definition) is 1. The highest BCUT2D eigenvalue weighted by Crippen LogP contribution is 2.51. The highest BCUT2D eigenvalue weighted by Gasteiger charge is 2.64. The van der Waals surface area contributed by atoms with Crippen molar-refractivity contribution in [3.63, 3.8) is 0 Å². The summed E-state index contributed by atoms with van der Waals surface area (Å²) in [5.74, 6) is -2.35. The van der Waals surface area contributed by atoms with Gasteiger partial charge in [0.2, 0.25) is 0 Å². The summed E-state index contributed by atoms with van der Waals surface area (Å²) in [6, 6.07) is 3.47. The molecule has 1 aromatic heterocycles. The molecule has 1 saturated carbocycles. The SMILES string of the molecule is Cc1cc(C2=NO[C@@](c3cc(C(F)(F)F)cc(Cl)c3F)(C(F)(F)F)C2)sc1C(=O)NC1CC(C#N)C1. The summed E-state index contributed by atoms with van der Waals surface area (Å²) in [7, 11) is 0. The van der Waals surface area contributed by atoms with E-state index in [1.165, 1.54) is 6.07 Å². The van der Waals surface area contributed by atoms with Gasteiger partial charge in [-0.3, -0.25) is 4.79 Å². The first kappa shape index (κ1) is 26.2. The molecule has 1 aliphatic carbocycles. The average molecular weight is 554 g/mol. The van der Waals surface area contributed by atoms with Gasteiger partial charge in [0, 0.05) is 11.6 Å². The van der Waals surface area contributed by atoms with Gasteiger partial charge in [-0.05, 0) is 43.5 Å². The number of nitrogens with one attached hydrogen (secondary N) is 1. The first-order valence-electron chi connectivity index (χ1n) is 10.4. The van der Waals surface area contributed by atoms with Crippen LogP contribution in [0.15, 0.2) is 23.4 Å². The molecule has 0 unspecified atom stereocenters. The van der Waals surface area contributed by atoms with E-state index in [-0.39, 0.29) is 39.6 Å². The van der Waals surface area contributed by atoms with E-state index in [1.807, 2.05) is 0 Å². The van der Waals surface area contributed by atoms with E-state index in [4.69, 9.17) is 16.9 Å². The molecule has 14 heteroatoms. The number of nitriles is 1. The van der Waals surface area contributed by atoms with Gasteiger partial charge < -0.3 is 10.2 Å². The lowest BCUT2D eigenvalue weighted by Crippen LogP contribution is -2.43. The lowest BCUT2D eigenvalue weighted by molar-refractivity contribution is -0.276. The number of oxime groups is 1. The standard InChI is InChI=1S/C22H15ClF7N3O2S/c1-9-2-16(36-18(9)19(34)32-12-3-10(4-12)8-31)15-7-20(35-33-15,22(28,29)30)13-5-11(21(25,26)27)6-14(23)17(13)24/h2,5-6,10,12H,3-4,7H2,1H3,(H,32,34)/t10?,12?,20-/m0/s1. The van der Waals surface area contributed by atoms with Gasteiger partial charge >= 0.3 is 12.4 Å². The van der Waals surface area contributed by atoms with E-state index in [0.29, 0.717) is 18.4 Å². The van der Waals surface area contributed by atoms with Gasteiger partial charge in [0.25, 0.3) is 11.5 Å². The van der Waals surface area contributed by atoms with Crippen LogP contribution in [-0.2, 0) is 16.6 Å². The fourth-order valence-corrected chi connectivity index (χ4v) is 5.28. The first-order valence-corrected chi connectivity index (χ1v) is 11.6. The van der Waals surface area contributed by atoms with Gasteiger partial charge in [0.05, 0.1) is 38.7 Å². The van der Waals surface area contributed by atoms with E-state index >= 15 is 0 Å². The number of halogens is 8. The van der Waals surface area contributed by atoms with Gasteiger partial charge in [-0.2, -0.15) is 31.6 Å². The van der Waals surface area contributed by atoms with Gasteiger partial charge in [-0.1, -0.05) is 16.8 Å². The molecule has 0 radical (unpaired) electrons. The Kier molecular flexibility index (Phi) is 6.49. The zero-order valence-corrected chi connectivity index (χ0v) is 19.7. The summed E-state index contributed by atoms with van der Waals surface area (Å²) in [4.78, 5) is 17.6. The molecule has 2 heterocycles. The van der Waals surface area contributed by atoms with Crippen LogP contribution in [-0.4, -0.2) is 23.8 Å². The lowest BCUT2D eigenvalue weighted by atomic mass is 9.81. The summed E-state index contributed by atoms with van der Waals surface area (Å²) >= 11 is 6.32. The Hall–Kier alpha value is -2.85. The molecular formula is C22H15ClF7N3O2S. The Morgan fingerprint density at radius 3 is 2.50 bits per heavy atom. The van der Waals surface area contributed by atoms with E-state index in [0.717, 1.165) is 11.3 Å². The maximum absolute atomic E-state index is 14.7. The molecule has 192 valence electrons.